The van der Waals surface area contributed by atoms with E-state index in [9.17, 15) is 0 Å². The molecule has 1 saturated heterocycles. The van der Waals surface area contributed by atoms with Crippen LogP contribution in [0.25, 0.3) is 0 Å². The smallest absolute Gasteiger partial charge is 0.0851 e. The highest BCUT2D eigenvalue weighted by Crippen LogP contribution is 2.72. The summed E-state index contributed by atoms with van der Waals surface area (Å²) in [6.07, 6.45) is 10.7. The molecule has 4 heteroatoms. The van der Waals surface area contributed by atoms with Gasteiger partial charge in [-0.3, -0.25) is 0 Å². The number of hydrogen-bond acceptors (Lipinski definition) is 4. The van der Waals surface area contributed by atoms with E-state index in [0.717, 1.165) is 18.4 Å². The van der Waals surface area contributed by atoms with E-state index in [1.807, 2.05) is 0 Å². The second kappa shape index (κ2) is 8.07. The molecule has 7 atom stereocenters. The molecule has 1 heterocycles. The van der Waals surface area contributed by atoms with Gasteiger partial charge in [0.2, 0.25) is 0 Å². The monoisotopic (exact) mass is 405 g/mol. The maximum absolute atomic E-state index is 7.00. The number of hydrogen-bond donors (Lipinski definition) is 1. The average molecular weight is 406 g/mol. The molecule has 1 spiro atoms. The minimum atomic E-state index is 0.0574. The first-order valence-corrected chi connectivity index (χ1v) is 12.5. The Morgan fingerprint density at radius 2 is 1.72 bits per heavy atom. The molecule has 0 amide bonds. The summed E-state index contributed by atoms with van der Waals surface area (Å²) in [5.41, 5.74) is 0.763. The van der Waals surface area contributed by atoms with Crippen molar-refractivity contribution in [1.29, 1.82) is 0 Å². The van der Waals surface area contributed by atoms with E-state index in [1.54, 1.807) is 0 Å². The normalized spacial score (nSPS) is 45.5. The van der Waals surface area contributed by atoms with E-state index < -0.39 is 0 Å². The number of ether oxygens (including phenoxy) is 1. The molecule has 29 heavy (non-hydrogen) atoms. The summed E-state index contributed by atoms with van der Waals surface area (Å²) < 4.78 is 7.00. The predicted molar refractivity (Wildman–Crippen MR) is 121 cm³/mol. The summed E-state index contributed by atoms with van der Waals surface area (Å²) in [7, 11) is 6.60. The SMILES string of the molecule is CC1CC[C@H]2[C@]13CC[C@@]1(C)O[C@@]2(C)[C@@H](NCCCCN(C)CCCN(C)C)[C@H]1C3. The minimum Gasteiger partial charge on any atom is -0.367 e. The molecule has 1 aliphatic heterocycles. The molecule has 168 valence electrons. The van der Waals surface area contributed by atoms with Crippen molar-refractivity contribution < 1.29 is 4.74 Å². The van der Waals surface area contributed by atoms with Gasteiger partial charge in [-0.1, -0.05) is 6.92 Å². The topological polar surface area (TPSA) is 27.7 Å². The average Bonchev–Trinajstić information content (AvgIpc) is 3.02. The highest BCUT2D eigenvalue weighted by molar-refractivity contribution is 5.24. The van der Waals surface area contributed by atoms with Gasteiger partial charge < -0.3 is 19.9 Å². The van der Waals surface area contributed by atoms with E-state index in [4.69, 9.17) is 4.74 Å². The molecule has 0 aromatic heterocycles. The quantitative estimate of drug-likeness (QED) is 0.556. The van der Waals surface area contributed by atoms with Crippen molar-refractivity contribution in [1.82, 2.24) is 15.1 Å². The van der Waals surface area contributed by atoms with Crippen LogP contribution in [-0.2, 0) is 4.74 Å². The number of nitrogens with zero attached hydrogens (tertiary/aromatic N) is 2. The Labute approximate surface area is 180 Å². The lowest BCUT2D eigenvalue weighted by molar-refractivity contribution is -0.115. The number of fused-ring (bicyclic) bond motifs is 2. The standard InChI is InChI=1S/C25H47N3O/c1-19-10-11-21-24(3)22(20-18-25(19,21)13-12-23(20,2)29-24)26-14-7-8-16-28(6)17-9-15-27(4)5/h19-22,26H,7-18H2,1-6H3/t19?,20-,21-,22+,23-,24-,25+/m1/s1. The molecule has 3 aliphatic carbocycles. The molecule has 1 unspecified atom stereocenters. The van der Waals surface area contributed by atoms with Gasteiger partial charge in [0.25, 0.3) is 0 Å². The van der Waals surface area contributed by atoms with Gasteiger partial charge in [-0.25, -0.2) is 0 Å². The summed E-state index contributed by atoms with van der Waals surface area (Å²) in [5, 5.41) is 4.04. The van der Waals surface area contributed by atoms with E-state index in [1.165, 1.54) is 71.0 Å². The zero-order valence-electron chi connectivity index (χ0n) is 20.1. The van der Waals surface area contributed by atoms with E-state index in [2.05, 4.69) is 57.0 Å². The van der Waals surface area contributed by atoms with Crippen LogP contribution in [-0.4, -0.2) is 74.4 Å². The van der Waals surface area contributed by atoms with Crippen LogP contribution in [0.1, 0.15) is 72.1 Å². The van der Waals surface area contributed by atoms with Gasteiger partial charge in [0.1, 0.15) is 0 Å². The molecule has 0 radical (unpaired) electrons. The summed E-state index contributed by atoms with van der Waals surface area (Å²) >= 11 is 0. The highest BCUT2D eigenvalue weighted by Gasteiger charge is 2.73. The molecular formula is C25H47N3O. The predicted octanol–water partition coefficient (Wildman–Crippen LogP) is 4.00. The largest absolute Gasteiger partial charge is 0.367 e. The molecular weight excluding hydrogens is 358 g/mol. The minimum absolute atomic E-state index is 0.0574. The zero-order valence-corrected chi connectivity index (χ0v) is 20.1. The molecule has 0 aromatic rings. The Bertz CT molecular complexity index is 582. The zero-order chi connectivity index (χ0) is 20.9. The van der Waals surface area contributed by atoms with Crippen molar-refractivity contribution in [3.05, 3.63) is 0 Å². The van der Waals surface area contributed by atoms with Crippen LogP contribution in [0.2, 0.25) is 0 Å². The van der Waals surface area contributed by atoms with Crippen molar-refractivity contribution >= 4 is 0 Å². The van der Waals surface area contributed by atoms with Crippen LogP contribution in [0.15, 0.2) is 0 Å². The van der Waals surface area contributed by atoms with Gasteiger partial charge in [0, 0.05) is 12.0 Å². The van der Waals surface area contributed by atoms with E-state index in [-0.39, 0.29) is 11.2 Å². The van der Waals surface area contributed by atoms with E-state index in [0.29, 0.717) is 17.4 Å². The second-order valence-electron chi connectivity index (χ2n) is 11.8. The molecule has 3 bridgehead atoms. The summed E-state index contributed by atoms with van der Waals surface area (Å²) in [6.45, 7) is 12.2. The molecule has 3 saturated carbocycles. The van der Waals surface area contributed by atoms with Crippen LogP contribution in [0.4, 0.5) is 0 Å². The van der Waals surface area contributed by atoms with Crippen LogP contribution in [0.5, 0.6) is 0 Å². The third-order valence-corrected chi connectivity index (χ3v) is 9.68. The fraction of sp³-hybridized carbons (Fsp3) is 1.00. The van der Waals surface area contributed by atoms with Gasteiger partial charge in [-0.05, 0) is 130 Å². The van der Waals surface area contributed by atoms with Crippen molar-refractivity contribution in [2.45, 2.75) is 89.4 Å². The van der Waals surface area contributed by atoms with Crippen molar-refractivity contribution in [2.75, 3.05) is 47.3 Å². The summed E-state index contributed by atoms with van der Waals surface area (Å²) in [4.78, 5) is 4.78. The van der Waals surface area contributed by atoms with Crippen LogP contribution in [0, 0.1) is 23.2 Å². The number of nitrogens with one attached hydrogen (secondary N) is 1. The van der Waals surface area contributed by atoms with Crippen molar-refractivity contribution in [3.63, 3.8) is 0 Å². The first-order valence-electron chi connectivity index (χ1n) is 12.5. The molecule has 1 N–H and O–H groups in total. The summed E-state index contributed by atoms with van der Waals surface area (Å²) in [6, 6.07) is 0.564. The molecule has 4 nitrogen and oxygen atoms in total. The molecule has 4 fully saturated rings. The molecule has 0 aromatic carbocycles. The van der Waals surface area contributed by atoms with Gasteiger partial charge in [0.15, 0.2) is 0 Å². The first-order chi connectivity index (χ1) is 13.7. The first kappa shape index (κ1) is 22.0. The third kappa shape index (κ3) is 3.70. The van der Waals surface area contributed by atoms with Gasteiger partial charge in [0.05, 0.1) is 11.2 Å². The Morgan fingerprint density at radius 1 is 0.966 bits per heavy atom. The van der Waals surface area contributed by atoms with Crippen LogP contribution in [0.3, 0.4) is 0 Å². The number of unbranched alkanes of at least 4 members (excludes halogenated alkanes) is 1. The van der Waals surface area contributed by atoms with Gasteiger partial charge in [-0.15, -0.1) is 0 Å². The fourth-order valence-corrected chi connectivity index (χ4v) is 8.08. The van der Waals surface area contributed by atoms with Crippen LogP contribution >= 0.6 is 0 Å². The van der Waals surface area contributed by atoms with Gasteiger partial charge in [-0.2, -0.15) is 0 Å². The highest BCUT2D eigenvalue weighted by atomic mass is 16.5. The van der Waals surface area contributed by atoms with Crippen LogP contribution < -0.4 is 5.32 Å². The number of rotatable bonds is 10. The molecule has 4 aliphatic rings. The lowest BCUT2D eigenvalue weighted by Gasteiger charge is -2.55. The lowest BCUT2D eigenvalue weighted by Crippen LogP contribution is -2.62. The Hall–Kier alpha value is -0.160. The van der Waals surface area contributed by atoms with Crippen molar-refractivity contribution in [2.24, 2.45) is 23.2 Å². The van der Waals surface area contributed by atoms with Gasteiger partial charge >= 0.3 is 0 Å². The Balaban J connectivity index is 1.28. The summed E-state index contributed by atoms with van der Waals surface area (Å²) in [5.74, 6) is 2.38. The van der Waals surface area contributed by atoms with Crippen molar-refractivity contribution in [3.8, 4) is 0 Å². The third-order valence-electron chi connectivity index (χ3n) is 9.68. The Kier molecular flexibility index (Phi) is 6.14. The Morgan fingerprint density at radius 3 is 2.48 bits per heavy atom. The second-order valence-corrected chi connectivity index (χ2v) is 11.8. The van der Waals surface area contributed by atoms with E-state index >= 15 is 0 Å². The maximum atomic E-state index is 7.00. The maximum Gasteiger partial charge on any atom is 0.0851 e. The fourth-order valence-electron chi connectivity index (χ4n) is 8.08. The lowest BCUT2D eigenvalue weighted by atomic mass is 9.49. The molecule has 4 rings (SSSR count).